The van der Waals surface area contributed by atoms with Gasteiger partial charge in [-0.3, -0.25) is 24.5 Å². The first-order valence-electron chi connectivity index (χ1n) is 12.7. The average Bonchev–Trinajstić information content (AvgIpc) is 2.84. The second-order valence-electron chi connectivity index (χ2n) is 10.9. The molecule has 14 nitrogen and oxygen atoms in total. The van der Waals surface area contributed by atoms with Crippen molar-refractivity contribution in [3.8, 4) is 5.75 Å². The fraction of sp³-hybridized carbons (Fsp3) is 0.615. The third-order valence-corrected chi connectivity index (χ3v) is 11.2. The molecule has 0 amide bonds. The van der Waals surface area contributed by atoms with E-state index in [1.807, 2.05) is 33.9 Å². The van der Waals surface area contributed by atoms with Gasteiger partial charge >= 0.3 is 23.9 Å². The molecule has 41 heavy (non-hydrogen) atoms. The normalized spacial score (nSPS) is 22.7. The Morgan fingerprint density at radius 3 is 1.98 bits per heavy atom. The SMILES string of the molecule is COC(=O)[C@H]1O[C@@H](Oc2ccc([N+](=O)[O-])cc2CO[Si](C)(C)C(C)(C)C)[C@H](OC(C)=O)[C@@H](OC(C)=O)[C@@H]1OC(C)=O. The van der Waals surface area contributed by atoms with Gasteiger partial charge in [-0.15, -0.1) is 0 Å². The summed E-state index contributed by atoms with van der Waals surface area (Å²) in [6.45, 7) is 13.3. The largest absolute Gasteiger partial charge is 0.467 e. The zero-order valence-corrected chi connectivity index (χ0v) is 25.6. The molecule has 0 bridgehead atoms. The molecule has 228 valence electrons. The molecular weight excluding hydrogens is 562 g/mol. The summed E-state index contributed by atoms with van der Waals surface area (Å²) in [5, 5.41) is 11.3. The van der Waals surface area contributed by atoms with Gasteiger partial charge in [0.1, 0.15) is 5.75 Å². The van der Waals surface area contributed by atoms with Crippen molar-refractivity contribution in [3.05, 3.63) is 33.9 Å². The minimum absolute atomic E-state index is 0.0487. The van der Waals surface area contributed by atoms with Crippen LogP contribution >= 0.6 is 0 Å². The minimum atomic E-state index is -2.32. The number of hydrogen-bond acceptors (Lipinski definition) is 13. The maximum absolute atomic E-state index is 12.7. The predicted molar refractivity (Wildman–Crippen MR) is 143 cm³/mol. The number of esters is 4. The highest BCUT2D eigenvalue weighted by Crippen LogP contribution is 2.39. The molecule has 1 saturated heterocycles. The summed E-state index contributed by atoms with van der Waals surface area (Å²) in [5.74, 6) is -3.45. The summed E-state index contributed by atoms with van der Waals surface area (Å²) in [6, 6.07) is 3.77. The lowest BCUT2D eigenvalue weighted by Gasteiger charge is -2.43. The van der Waals surface area contributed by atoms with E-state index < -0.39 is 67.8 Å². The molecular formula is C26H37NO13Si. The number of ether oxygens (including phenoxy) is 6. The Kier molecular flexibility index (Phi) is 11.0. The van der Waals surface area contributed by atoms with E-state index in [0.717, 1.165) is 27.9 Å². The number of carbonyl (C=O) groups excluding carboxylic acids is 4. The number of carbonyl (C=O) groups is 4. The highest BCUT2D eigenvalue weighted by Gasteiger charge is 2.56. The molecule has 0 spiro atoms. The summed E-state index contributed by atoms with van der Waals surface area (Å²) in [7, 11) is -1.25. The molecule has 1 aliphatic rings. The van der Waals surface area contributed by atoms with Crippen LogP contribution < -0.4 is 4.74 Å². The molecule has 1 aliphatic heterocycles. The fourth-order valence-corrected chi connectivity index (χ4v) is 4.63. The first kappa shape index (κ1) is 33.6. The van der Waals surface area contributed by atoms with E-state index in [9.17, 15) is 29.3 Å². The van der Waals surface area contributed by atoms with Gasteiger partial charge < -0.3 is 32.8 Å². The number of rotatable bonds is 10. The fourth-order valence-electron chi connectivity index (χ4n) is 3.68. The topological polar surface area (TPSA) is 176 Å². The van der Waals surface area contributed by atoms with Crippen LogP contribution in [-0.4, -0.2) is 74.9 Å². The molecule has 1 fully saturated rings. The molecule has 2 rings (SSSR count). The first-order chi connectivity index (χ1) is 18.9. The van der Waals surface area contributed by atoms with E-state index in [4.69, 9.17) is 32.8 Å². The van der Waals surface area contributed by atoms with Crippen molar-refractivity contribution in [2.24, 2.45) is 0 Å². The van der Waals surface area contributed by atoms with Gasteiger partial charge in [0.25, 0.3) is 5.69 Å². The average molecular weight is 600 g/mol. The van der Waals surface area contributed by atoms with Crippen molar-refractivity contribution < 1.29 is 56.9 Å². The highest BCUT2D eigenvalue weighted by molar-refractivity contribution is 6.74. The molecule has 1 aromatic rings. The molecule has 5 atom stereocenters. The molecule has 0 radical (unpaired) electrons. The standard InChI is InChI=1S/C26H37NO13Si/c1-14(28)36-20-21(37-15(2)29)23(38-16(3)30)25(40-22(20)24(31)34-7)39-19-11-10-18(27(32)33)12-17(19)13-35-41(8,9)26(4,5)6/h10-12,20-23,25H,13H2,1-9H3/t20-,21-,22-,23+,25+/m0/s1. The molecule has 0 aliphatic carbocycles. The van der Waals surface area contributed by atoms with Gasteiger partial charge in [-0.05, 0) is 24.2 Å². The van der Waals surface area contributed by atoms with Gasteiger partial charge in [0.05, 0.1) is 18.6 Å². The van der Waals surface area contributed by atoms with Gasteiger partial charge in [-0.25, -0.2) is 4.79 Å². The van der Waals surface area contributed by atoms with Crippen LogP contribution in [0.2, 0.25) is 18.1 Å². The summed E-state index contributed by atoms with van der Waals surface area (Å²) in [5.41, 5.74) is 0.0439. The van der Waals surface area contributed by atoms with Crippen molar-refractivity contribution in [3.63, 3.8) is 0 Å². The van der Waals surface area contributed by atoms with Crippen LogP contribution in [0.1, 0.15) is 47.1 Å². The Morgan fingerprint density at radius 2 is 1.49 bits per heavy atom. The quantitative estimate of drug-likeness (QED) is 0.126. The third-order valence-electron chi connectivity index (χ3n) is 6.73. The van der Waals surface area contributed by atoms with Gasteiger partial charge in [0.15, 0.2) is 26.6 Å². The van der Waals surface area contributed by atoms with E-state index in [0.29, 0.717) is 0 Å². The van der Waals surface area contributed by atoms with Gasteiger partial charge in [0.2, 0.25) is 12.4 Å². The molecule has 1 heterocycles. The van der Waals surface area contributed by atoms with Crippen molar-refractivity contribution in [2.75, 3.05) is 7.11 Å². The summed E-state index contributed by atoms with van der Waals surface area (Å²) in [6.07, 6.45) is -7.92. The summed E-state index contributed by atoms with van der Waals surface area (Å²) in [4.78, 5) is 59.6. The first-order valence-corrected chi connectivity index (χ1v) is 15.6. The molecule has 0 aromatic heterocycles. The molecule has 0 N–H and O–H groups in total. The van der Waals surface area contributed by atoms with Gasteiger partial charge in [-0.2, -0.15) is 0 Å². The van der Waals surface area contributed by atoms with Crippen LogP contribution in [0.5, 0.6) is 5.75 Å². The van der Waals surface area contributed by atoms with Crippen LogP contribution in [0, 0.1) is 10.1 Å². The van der Waals surface area contributed by atoms with Crippen molar-refractivity contribution in [1.29, 1.82) is 0 Å². The number of benzene rings is 1. The van der Waals surface area contributed by atoms with Crippen LogP contribution in [0.25, 0.3) is 0 Å². The zero-order valence-electron chi connectivity index (χ0n) is 24.6. The lowest BCUT2D eigenvalue weighted by atomic mass is 9.97. The Morgan fingerprint density at radius 1 is 0.951 bits per heavy atom. The second-order valence-corrected chi connectivity index (χ2v) is 15.7. The number of hydrogen-bond donors (Lipinski definition) is 0. The van der Waals surface area contributed by atoms with Crippen LogP contribution in [0.4, 0.5) is 5.69 Å². The van der Waals surface area contributed by atoms with E-state index in [2.05, 4.69) is 0 Å². The maximum atomic E-state index is 12.7. The van der Waals surface area contributed by atoms with Gasteiger partial charge in [-0.1, -0.05) is 20.8 Å². The molecule has 0 saturated carbocycles. The minimum Gasteiger partial charge on any atom is -0.467 e. The summed E-state index contributed by atoms with van der Waals surface area (Å²) >= 11 is 0. The van der Waals surface area contributed by atoms with Crippen LogP contribution in [-0.2, 0) is 53.9 Å². The Labute approximate surface area is 238 Å². The maximum Gasteiger partial charge on any atom is 0.339 e. The molecule has 1 aromatic carbocycles. The monoisotopic (exact) mass is 599 g/mol. The smallest absolute Gasteiger partial charge is 0.339 e. The lowest BCUT2D eigenvalue weighted by molar-refractivity contribution is -0.385. The number of nitrogens with zero attached hydrogens (tertiary/aromatic N) is 1. The van der Waals surface area contributed by atoms with E-state index in [1.165, 1.54) is 18.2 Å². The van der Waals surface area contributed by atoms with E-state index in [-0.39, 0.29) is 28.6 Å². The second kappa shape index (κ2) is 13.4. The molecule has 0 unspecified atom stereocenters. The van der Waals surface area contributed by atoms with Crippen LogP contribution in [0.3, 0.4) is 0 Å². The van der Waals surface area contributed by atoms with E-state index in [1.54, 1.807) is 0 Å². The van der Waals surface area contributed by atoms with Crippen molar-refractivity contribution in [2.45, 2.75) is 97.0 Å². The highest BCUT2D eigenvalue weighted by atomic mass is 28.4. The van der Waals surface area contributed by atoms with Crippen LogP contribution in [0.15, 0.2) is 18.2 Å². The van der Waals surface area contributed by atoms with Crippen molar-refractivity contribution >= 4 is 37.9 Å². The zero-order chi connectivity index (χ0) is 31.3. The Hall–Kier alpha value is -3.56. The van der Waals surface area contributed by atoms with Crippen molar-refractivity contribution in [1.82, 2.24) is 0 Å². The predicted octanol–water partition coefficient (Wildman–Crippen LogP) is 3.19. The Balaban J connectivity index is 2.61. The van der Waals surface area contributed by atoms with E-state index >= 15 is 0 Å². The number of non-ortho nitro benzene ring substituents is 1. The van der Waals surface area contributed by atoms with Gasteiger partial charge in [0, 0.05) is 38.5 Å². The number of nitro groups is 1. The lowest BCUT2D eigenvalue weighted by Crippen LogP contribution is -2.64. The number of methoxy groups -OCH3 is 1. The third kappa shape index (κ3) is 8.71. The summed E-state index contributed by atoms with van der Waals surface area (Å²) < 4.78 is 38.9. The molecule has 15 heteroatoms. The Bertz CT molecular complexity index is 1160. The number of nitro benzene ring substituents is 1.